The molecular formula is C16H24N4O2. The molecule has 22 heavy (non-hydrogen) atoms. The molecule has 6 nitrogen and oxygen atoms in total. The summed E-state index contributed by atoms with van der Waals surface area (Å²) >= 11 is 0. The molecule has 2 amide bonds. The van der Waals surface area contributed by atoms with Crippen LogP contribution in [0, 0.1) is 0 Å². The van der Waals surface area contributed by atoms with E-state index < -0.39 is 0 Å². The zero-order valence-electron chi connectivity index (χ0n) is 12.9. The van der Waals surface area contributed by atoms with Crippen LogP contribution in [0.1, 0.15) is 56.7 Å². The fourth-order valence-corrected chi connectivity index (χ4v) is 2.70. The van der Waals surface area contributed by atoms with Gasteiger partial charge in [-0.05, 0) is 44.9 Å². The molecule has 0 unspecified atom stereocenters. The summed E-state index contributed by atoms with van der Waals surface area (Å²) in [5.74, 6) is 1.42. The first-order valence-corrected chi connectivity index (χ1v) is 8.29. The molecular weight excluding hydrogens is 280 g/mol. The molecule has 0 bridgehead atoms. The second-order valence-electron chi connectivity index (χ2n) is 6.12. The summed E-state index contributed by atoms with van der Waals surface area (Å²) in [4.78, 5) is 20.3. The quantitative estimate of drug-likeness (QED) is 0.792. The van der Waals surface area contributed by atoms with Gasteiger partial charge in [0.2, 0.25) is 0 Å². The Morgan fingerprint density at radius 3 is 2.73 bits per heavy atom. The average Bonchev–Trinajstić information content (AvgIpc) is 3.38. The van der Waals surface area contributed by atoms with E-state index in [0.29, 0.717) is 24.3 Å². The number of nitrogens with one attached hydrogen (secondary N) is 2. The highest BCUT2D eigenvalue weighted by molar-refractivity contribution is 5.88. The van der Waals surface area contributed by atoms with Crippen molar-refractivity contribution in [2.45, 2.75) is 57.0 Å². The lowest BCUT2D eigenvalue weighted by atomic mass is 10.0. The molecule has 2 fully saturated rings. The fraction of sp³-hybridized carbons (Fsp3) is 0.688. The van der Waals surface area contributed by atoms with Crippen molar-refractivity contribution in [1.29, 1.82) is 0 Å². The molecule has 2 N–H and O–H groups in total. The zero-order chi connectivity index (χ0) is 15.2. The van der Waals surface area contributed by atoms with E-state index in [1.807, 2.05) is 0 Å². The molecule has 1 aliphatic carbocycles. The maximum Gasteiger partial charge on any atom is 0.319 e. The smallest absolute Gasteiger partial charge is 0.319 e. The monoisotopic (exact) mass is 304 g/mol. The zero-order valence-corrected chi connectivity index (χ0v) is 12.9. The van der Waals surface area contributed by atoms with Crippen LogP contribution in [0.5, 0.6) is 0 Å². The molecule has 3 rings (SSSR count). The van der Waals surface area contributed by atoms with Gasteiger partial charge in [0, 0.05) is 19.1 Å². The van der Waals surface area contributed by atoms with Gasteiger partial charge in [-0.3, -0.25) is 0 Å². The van der Waals surface area contributed by atoms with Crippen molar-refractivity contribution in [3.63, 3.8) is 0 Å². The predicted molar refractivity (Wildman–Crippen MR) is 83.9 cm³/mol. The van der Waals surface area contributed by atoms with Gasteiger partial charge in [-0.15, -0.1) is 0 Å². The molecule has 2 heterocycles. The van der Waals surface area contributed by atoms with Gasteiger partial charge < -0.3 is 15.4 Å². The van der Waals surface area contributed by atoms with Crippen molar-refractivity contribution < 1.29 is 9.53 Å². The largest absolute Gasteiger partial charge is 0.378 e. The maximum atomic E-state index is 11.8. The molecule has 1 aromatic heterocycles. The highest BCUT2D eigenvalue weighted by Gasteiger charge is 2.26. The number of nitrogens with zero attached hydrogens (tertiary/aromatic N) is 2. The number of hydrogen-bond donors (Lipinski definition) is 2. The van der Waals surface area contributed by atoms with Crippen LogP contribution in [0.3, 0.4) is 0 Å². The first-order chi connectivity index (χ1) is 10.8. The van der Waals surface area contributed by atoms with Crippen LogP contribution in [0.15, 0.2) is 12.4 Å². The third-order valence-electron chi connectivity index (χ3n) is 4.13. The second-order valence-corrected chi connectivity index (χ2v) is 6.12. The molecule has 0 radical (unpaired) electrons. The van der Waals surface area contributed by atoms with Gasteiger partial charge in [-0.25, -0.2) is 14.8 Å². The predicted octanol–water partition coefficient (Wildman–Crippen LogP) is 2.82. The second kappa shape index (κ2) is 7.54. The van der Waals surface area contributed by atoms with Gasteiger partial charge in [0.1, 0.15) is 5.82 Å². The Kier molecular flexibility index (Phi) is 5.21. The maximum absolute atomic E-state index is 11.8. The van der Waals surface area contributed by atoms with E-state index in [9.17, 15) is 4.79 Å². The van der Waals surface area contributed by atoms with Gasteiger partial charge in [0.05, 0.1) is 24.2 Å². The Morgan fingerprint density at radius 1 is 1.23 bits per heavy atom. The third-order valence-corrected chi connectivity index (χ3v) is 4.13. The van der Waals surface area contributed by atoms with Crippen molar-refractivity contribution in [3.05, 3.63) is 18.2 Å². The molecule has 1 saturated carbocycles. The molecule has 120 valence electrons. The standard InChI is InChI=1S/C16H24N4O2/c21-16(17-8-3-5-14-4-1-2-9-22-14)20-13-10-18-15(19-11-13)12-6-7-12/h10-12,14H,1-9H2,(H2,17,20,21)/t14-/m1/s1. The number of rotatable bonds is 6. The number of carbonyl (C=O) groups excluding carboxylic acids is 1. The summed E-state index contributed by atoms with van der Waals surface area (Å²) in [6.45, 7) is 1.54. The fourth-order valence-electron chi connectivity index (χ4n) is 2.70. The van der Waals surface area contributed by atoms with E-state index in [4.69, 9.17) is 4.74 Å². The minimum Gasteiger partial charge on any atom is -0.378 e. The van der Waals surface area contributed by atoms with E-state index in [1.54, 1.807) is 12.4 Å². The number of aromatic nitrogens is 2. The minimum atomic E-state index is -0.202. The number of ether oxygens (including phenoxy) is 1. The SMILES string of the molecule is O=C(NCCC[C@H]1CCCCO1)Nc1cnc(C2CC2)nc1. The first kappa shape index (κ1) is 15.2. The normalized spacial score (nSPS) is 21.4. The lowest BCUT2D eigenvalue weighted by molar-refractivity contribution is 0.0103. The lowest BCUT2D eigenvalue weighted by Crippen LogP contribution is -2.30. The summed E-state index contributed by atoms with van der Waals surface area (Å²) in [6.07, 6.45) is 11.6. The number of anilines is 1. The molecule has 0 spiro atoms. The van der Waals surface area contributed by atoms with E-state index in [-0.39, 0.29) is 6.03 Å². The Hall–Kier alpha value is -1.69. The minimum absolute atomic E-state index is 0.202. The summed E-state index contributed by atoms with van der Waals surface area (Å²) in [5.41, 5.74) is 0.637. The van der Waals surface area contributed by atoms with Crippen LogP contribution in [0.2, 0.25) is 0 Å². The highest BCUT2D eigenvalue weighted by Crippen LogP contribution is 2.37. The van der Waals surface area contributed by atoms with Crippen LogP contribution in [0.25, 0.3) is 0 Å². The van der Waals surface area contributed by atoms with Crippen LogP contribution < -0.4 is 10.6 Å². The summed E-state index contributed by atoms with van der Waals surface area (Å²) < 4.78 is 5.67. The topological polar surface area (TPSA) is 76.1 Å². The van der Waals surface area contributed by atoms with E-state index in [2.05, 4.69) is 20.6 Å². The Labute approximate surface area is 131 Å². The van der Waals surface area contributed by atoms with Crippen LogP contribution in [0.4, 0.5) is 10.5 Å². The van der Waals surface area contributed by atoms with Gasteiger partial charge in [0.25, 0.3) is 0 Å². The van der Waals surface area contributed by atoms with Gasteiger partial charge >= 0.3 is 6.03 Å². The molecule has 6 heteroatoms. The average molecular weight is 304 g/mol. The Morgan fingerprint density at radius 2 is 2.05 bits per heavy atom. The number of amides is 2. The lowest BCUT2D eigenvalue weighted by Gasteiger charge is -2.22. The summed E-state index contributed by atoms with van der Waals surface area (Å²) in [5, 5.41) is 5.62. The van der Waals surface area contributed by atoms with Gasteiger partial charge in [0.15, 0.2) is 0 Å². The number of urea groups is 1. The Balaban J connectivity index is 1.31. The Bertz CT molecular complexity index is 481. The van der Waals surface area contributed by atoms with Crippen LogP contribution in [-0.4, -0.2) is 35.3 Å². The van der Waals surface area contributed by atoms with Crippen molar-refractivity contribution in [2.75, 3.05) is 18.5 Å². The molecule has 1 aromatic rings. The highest BCUT2D eigenvalue weighted by atomic mass is 16.5. The van der Waals surface area contributed by atoms with Crippen LogP contribution in [-0.2, 0) is 4.74 Å². The molecule has 2 aliphatic rings. The third kappa shape index (κ3) is 4.66. The van der Waals surface area contributed by atoms with E-state index >= 15 is 0 Å². The molecule has 0 aromatic carbocycles. The summed E-state index contributed by atoms with van der Waals surface area (Å²) in [7, 11) is 0. The van der Waals surface area contributed by atoms with Crippen molar-refractivity contribution >= 4 is 11.7 Å². The van der Waals surface area contributed by atoms with Crippen molar-refractivity contribution in [2.24, 2.45) is 0 Å². The van der Waals surface area contributed by atoms with Crippen molar-refractivity contribution in [1.82, 2.24) is 15.3 Å². The summed E-state index contributed by atoms with van der Waals surface area (Å²) in [6, 6.07) is -0.202. The molecule has 1 saturated heterocycles. The molecule has 1 aliphatic heterocycles. The molecule has 1 atom stereocenters. The number of carbonyl (C=O) groups is 1. The van der Waals surface area contributed by atoms with E-state index in [0.717, 1.165) is 31.7 Å². The van der Waals surface area contributed by atoms with Crippen molar-refractivity contribution in [3.8, 4) is 0 Å². The van der Waals surface area contributed by atoms with E-state index in [1.165, 1.54) is 25.7 Å². The first-order valence-electron chi connectivity index (χ1n) is 8.29. The van der Waals surface area contributed by atoms with Gasteiger partial charge in [-0.1, -0.05) is 0 Å². The van der Waals surface area contributed by atoms with Gasteiger partial charge in [-0.2, -0.15) is 0 Å². The number of hydrogen-bond acceptors (Lipinski definition) is 4. The van der Waals surface area contributed by atoms with Crippen LogP contribution >= 0.6 is 0 Å².